The van der Waals surface area contributed by atoms with Crippen LogP contribution in [0.4, 0.5) is 0 Å². The van der Waals surface area contributed by atoms with Crippen LogP contribution in [0.2, 0.25) is 0 Å². The predicted molar refractivity (Wildman–Crippen MR) is 106 cm³/mol. The minimum Gasteiger partial charge on any atom is -0.342 e. The molecule has 3 heteroatoms. The van der Waals surface area contributed by atoms with Gasteiger partial charge in [0.1, 0.15) is 0 Å². The molecule has 0 unspecified atom stereocenters. The van der Waals surface area contributed by atoms with Crippen LogP contribution in [0.3, 0.4) is 0 Å². The maximum atomic E-state index is 12.9. The Morgan fingerprint density at radius 3 is 2.42 bits per heavy atom. The van der Waals surface area contributed by atoms with E-state index in [0.29, 0.717) is 6.42 Å². The Kier molecular flexibility index (Phi) is 4.70. The van der Waals surface area contributed by atoms with Gasteiger partial charge in [-0.25, -0.2) is 0 Å². The molecule has 2 heterocycles. The van der Waals surface area contributed by atoms with E-state index in [0.717, 1.165) is 59.2 Å². The van der Waals surface area contributed by atoms with Crippen LogP contribution in [0, 0.1) is 6.92 Å². The number of piperidine rings is 1. The quantitative estimate of drug-likeness (QED) is 0.686. The summed E-state index contributed by atoms with van der Waals surface area (Å²) in [5.74, 6) is 0.224. The van der Waals surface area contributed by atoms with Crippen molar-refractivity contribution in [1.82, 2.24) is 9.88 Å². The number of nitrogens with zero attached hydrogens (tertiary/aromatic N) is 2. The number of likely N-dealkylation sites (tertiary alicyclic amines) is 1. The molecule has 0 saturated carbocycles. The molecule has 0 atom stereocenters. The third-order valence-corrected chi connectivity index (χ3v) is 5.30. The molecule has 2 aromatic carbocycles. The first-order valence-corrected chi connectivity index (χ1v) is 9.45. The number of carbonyl (C=O) groups is 1. The highest BCUT2D eigenvalue weighted by Crippen LogP contribution is 2.33. The number of rotatable bonds is 3. The fraction of sp³-hybridized carbons (Fsp3) is 0.304. The predicted octanol–water partition coefficient (Wildman–Crippen LogP) is 4.77. The number of pyridine rings is 1. The molecular formula is C23H24N2O. The number of hydrogen-bond donors (Lipinski definition) is 0. The van der Waals surface area contributed by atoms with Crippen molar-refractivity contribution in [2.24, 2.45) is 0 Å². The third-order valence-electron chi connectivity index (χ3n) is 5.30. The summed E-state index contributed by atoms with van der Waals surface area (Å²) < 4.78 is 0. The maximum absolute atomic E-state index is 12.9. The lowest BCUT2D eigenvalue weighted by Gasteiger charge is -2.27. The van der Waals surface area contributed by atoms with Gasteiger partial charge in [-0.15, -0.1) is 0 Å². The summed E-state index contributed by atoms with van der Waals surface area (Å²) in [6, 6.07) is 18.6. The lowest BCUT2D eigenvalue weighted by Crippen LogP contribution is -2.36. The molecule has 3 aromatic rings. The van der Waals surface area contributed by atoms with Crippen LogP contribution in [-0.4, -0.2) is 28.9 Å². The van der Waals surface area contributed by atoms with Gasteiger partial charge in [0.05, 0.1) is 11.9 Å². The minimum absolute atomic E-state index is 0.224. The zero-order valence-electron chi connectivity index (χ0n) is 15.2. The second-order valence-electron chi connectivity index (χ2n) is 7.05. The van der Waals surface area contributed by atoms with Crippen molar-refractivity contribution in [1.29, 1.82) is 0 Å². The highest BCUT2D eigenvalue weighted by molar-refractivity contribution is 5.98. The number of benzene rings is 2. The highest BCUT2D eigenvalue weighted by Gasteiger charge is 2.21. The minimum atomic E-state index is 0.224. The molecule has 26 heavy (non-hydrogen) atoms. The molecule has 1 fully saturated rings. The molecule has 0 aliphatic carbocycles. The first kappa shape index (κ1) is 16.8. The van der Waals surface area contributed by atoms with Gasteiger partial charge in [-0.1, -0.05) is 48.5 Å². The summed E-state index contributed by atoms with van der Waals surface area (Å²) in [5.41, 5.74) is 5.30. The van der Waals surface area contributed by atoms with Gasteiger partial charge in [0, 0.05) is 24.2 Å². The van der Waals surface area contributed by atoms with Crippen molar-refractivity contribution in [3.63, 3.8) is 0 Å². The van der Waals surface area contributed by atoms with Gasteiger partial charge < -0.3 is 4.90 Å². The standard InChI is InChI=1S/C23H24N2O/c1-17-20(16-22(26)25-14-8-3-9-15-25)23(18-10-4-2-5-11-18)19-12-6-7-13-21(19)24-17/h2,4-7,10-13H,3,8-9,14-16H2,1H3. The number of aromatic nitrogens is 1. The molecule has 0 spiro atoms. The SMILES string of the molecule is Cc1nc2ccccc2c(-c2ccccc2)c1CC(=O)N1CCCCC1. The Morgan fingerprint density at radius 2 is 1.65 bits per heavy atom. The first-order chi connectivity index (χ1) is 12.7. The van der Waals surface area contributed by atoms with Gasteiger partial charge in [-0.05, 0) is 48.9 Å². The Morgan fingerprint density at radius 1 is 0.962 bits per heavy atom. The van der Waals surface area contributed by atoms with Crippen LogP contribution < -0.4 is 0 Å². The van der Waals surface area contributed by atoms with E-state index in [1.54, 1.807) is 0 Å². The highest BCUT2D eigenvalue weighted by atomic mass is 16.2. The van der Waals surface area contributed by atoms with E-state index < -0.39 is 0 Å². The van der Waals surface area contributed by atoms with Crippen molar-refractivity contribution < 1.29 is 4.79 Å². The normalized spacial score (nSPS) is 14.6. The molecule has 3 nitrogen and oxygen atoms in total. The van der Waals surface area contributed by atoms with Crippen molar-refractivity contribution in [2.45, 2.75) is 32.6 Å². The Balaban J connectivity index is 1.82. The summed E-state index contributed by atoms with van der Waals surface area (Å²) in [5, 5.41) is 1.12. The average Bonchev–Trinajstić information content (AvgIpc) is 2.70. The van der Waals surface area contributed by atoms with Gasteiger partial charge in [0.15, 0.2) is 0 Å². The molecule has 0 N–H and O–H groups in total. The molecule has 4 rings (SSSR count). The van der Waals surface area contributed by atoms with E-state index >= 15 is 0 Å². The summed E-state index contributed by atoms with van der Waals surface area (Å²) in [6.07, 6.45) is 3.89. The van der Waals surface area contributed by atoms with Crippen LogP contribution in [0.15, 0.2) is 54.6 Å². The van der Waals surface area contributed by atoms with Gasteiger partial charge >= 0.3 is 0 Å². The van der Waals surface area contributed by atoms with E-state index in [1.807, 2.05) is 36.1 Å². The van der Waals surface area contributed by atoms with Crippen LogP contribution in [-0.2, 0) is 11.2 Å². The smallest absolute Gasteiger partial charge is 0.227 e. The van der Waals surface area contributed by atoms with Crippen molar-refractivity contribution in [3.8, 4) is 11.1 Å². The second kappa shape index (κ2) is 7.28. The zero-order valence-corrected chi connectivity index (χ0v) is 15.2. The lowest BCUT2D eigenvalue weighted by molar-refractivity contribution is -0.131. The molecule has 1 saturated heterocycles. The number of fused-ring (bicyclic) bond motifs is 1. The zero-order chi connectivity index (χ0) is 17.9. The largest absolute Gasteiger partial charge is 0.342 e. The Labute approximate surface area is 154 Å². The fourth-order valence-electron chi connectivity index (χ4n) is 3.93. The van der Waals surface area contributed by atoms with Crippen LogP contribution >= 0.6 is 0 Å². The summed E-state index contributed by atoms with van der Waals surface area (Å²) in [7, 11) is 0. The number of hydrogen-bond acceptors (Lipinski definition) is 2. The maximum Gasteiger partial charge on any atom is 0.227 e. The molecule has 1 aromatic heterocycles. The molecular weight excluding hydrogens is 320 g/mol. The van der Waals surface area contributed by atoms with Gasteiger partial charge in [-0.2, -0.15) is 0 Å². The molecule has 0 radical (unpaired) electrons. The van der Waals surface area contributed by atoms with Gasteiger partial charge in [0.25, 0.3) is 0 Å². The first-order valence-electron chi connectivity index (χ1n) is 9.45. The number of carbonyl (C=O) groups excluding carboxylic acids is 1. The fourth-order valence-corrected chi connectivity index (χ4v) is 3.93. The summed E-state index contributed by atoms with van der Waals surface area (Å²) >= 11 is 0. The number of para-hydroxylation sites is 1. The molecule has 1 aliphatic rings. The van der Waals surface area contributed by atoms with Crippen LogP contribution in [0.5, 0.6) is 0 Å². The van der Waals surface area contributed by atoms with Crippen LogP contribution in [0.25, 0.3) is 22.0 Å². The van der Waals surface area contributed by atoms with E-state index in [2.05, 4.69) is 30.3 Å². The van der Waals surface area contributed by atoms with Gasteiger partial charge in [-0.3, -0.25) is 9.78 Å². The monoisotopic (exact) mass is 344 g/mol. The lowest BCUT2D eigenvalue weighted by atomic mass is 9.92. The molecule has 1 aliphatic heterocycles. The van der Waals surface area contributed by atoms with Gasteiger partial charge in [0.2, 0.25) is 5.91 Å². The topological polar surface area (TPSA) is 33.2 Å². The molecule has 132 valence electrons. The van der Waals surface area contributed by atoms with E-state index in [-0.39, 0.29) is 5.91 Å². The summed E-state index contributed by atoms with van der Waals surface area (Å²) in [6.45, 7) is 3.80. The number of aryl methyl sites for hydroxylation is 1. The van der Waals surface area contributed by atoms with Crippen LogP contribution in [0.1, 0.15) is 30.5 Å². The van der Waals surface area contributed by atoms with Crippen molar-refractivity contribution in [3.05, 3.63) is 65.9 Å². The molecule has 1 amide bonds. The second-order valence-corrected chi connectivity index (χ2v) is 7.05. The Bertz CT molecular complexity index is 928. The van der Waals surface area contributed by atoms with Crippen molar-refractivity contribution >= 4 is 16.8 Å². The van der Waals surface area contributed by atoms with E-state index in [1.165, 1.54) is 6.42 Å². The van der Waals surface area contributed by atoms with Crippen molar-refractivity contribution in [2.75, 3.05) is 13.1 Å². The average molecular weight is 344 g/mol. The van der Waals surface area contributed by atoms with E-state index in [9.17, 15) is 4.79 Å². The number of amides is 1. The Hall–Kier alpha value is -2.68. The van der Waals surface area contributed by atoms with E-state index in [4.69, 9.17) is 4.98 Å². The third kappa shape index (κ3) is 3.22. The molecule has 0 bridgehead atoms. The summed E-state index contributed by atoms with van der Waals surface area (Å²) in [4.78, 5) is 19.7.